The van der Waals surface area contributed by atoms with Gasteiger partial charge in [0.1, 0.15) is 0 Å². The van der Waals surface area contributed by atoms with Crippen molar-refractivity contribution < 1.29 is 40.3 Å². The van der Waals surface area contributed by atoms with E-state index in [-0.39, 0.29) is 18.3 Å². The highest BCUT2D eigenvalue weighted by atomic mass is 79.9. The highest BCUT2D eigenvalue weighted by Gasteiger charge is 2.65. The molecular weight excluding hydrogens is 427 g/mol. The topological polar surface area (TPSA) is 38.3 Å². The van der Waals surface area contributed by atoms with Crippen molar-refractivity contribution >= 4 is 27.5 Å². The minimum atomic E-state index is -5.40. The second-order valence-corrected chi connectivity index (χ2v) is 6.26. The summed E-state index contributed by atoms with van der Waals surface area (Å²) in [5, 5.41) is 2.09. The van der Waals surface area contributed by atoms with Crippen molar-refractivity contribution in [2.75, 3.05) is 5.32 Å². The molecule has 0 aliphatic heterocycles. The van der Waals surface area contributed by atoms with E-state index in [0.29, 0.717) is 12.1 Å². The van der Waals surface area contributed by atoms with Crippen LogP contribution in [0.3, 0.4) is 0 Å². The standard InChI is InChI=1S/C14H13BrF7NO2/c1-6(24)23-10-8(15)4-7(5-9(10)25-11(16)17)12(2,13(3,18)19)14(20,21)22/h4-5,11H,1-3H3,(H,23,24). The first-order valence-electron chi connectivity index (χ1n) is 6.62. The van der Waals surface area contributed by atoms with Gasteiger partial charge in [-0.15, -0.1) is 0 Å². The lowest BCUT2D eigenvalue weighted by Gasteiger charge is -2.37. The van der Waals surface area contributed by atoms with Crippen LogP contribution in [0, 0.1) is 0 Å². The average Bonchev–Trinajstić information content (AvgIpc) is 2.37. The first-order valence-corrected chi connectivity index (χ1v) is 7.41. The van der Waals surface area contributed by atoms with E-state index in [1.54, 1.807) is 0 Å². The molecule has 0 bridgehead atoms. The van der Waals surface area contributed by atoms with E-state index in [4.69, 9.17) is 0 Å². The number of nitrogens with one attached hydrogen (secondary N) is 1. The van der Waals surface area contributed by atoms with Crippen molar-refractivity contribution in [2.24, 2.45) is 0 Å². The van der Waals surface area contributed by atoms with Crippen molar-refractivity contribution in [2.45, 2.75) is 44.9 Å². The molecular formula is C14H13BrF7NO2. The largest absolute Gasteiger partial charge is 0.433 e. The van der Waals surface area contributed by atoms with Crippen molar-refractivity contribution in [3.8, 4) is 5.75 Å². The summed E-state index contributed by atoms with van der Waals surface area (Å²) in [6.45, 7) is -2.11. The molecule has 1 amide bonds. The summed E-state index contributed by atoms with van der Waals surface area (Å²) in [5.74, 6) is -5.89. The lowest BCUT2D eigenvalue weighted by atomic mass is 9.76. The van der Waals surface area contributed by atoms with Gasteiger partial charge in [-0.1, -0.05) is 0 Å². The monoisotopic (exact) mass is 439 g/mol. The molecule has 0 radical (unpaired) electrons. The van der Waals surface area contributed by atoms with E-state index in [9.17, 15) is 35.5 Å². The fraction of sp³-hybridized carbons (Fsp3) is 0.500. The third-order valence-corrected chi connectivity index (χ3v) is 4.22. The van der Waals surface area contributed by atoms with Crippen molar-refractivity contribution in [1.29, 1.82) is 0 Å². The van der Waals surface area contributed by atoms with Gasteiger partial charge in [0.05, 0.1) is 5.69 Å². The third kappa shape index (κ3) is 4.36. The molecule has 0 aliphatic rings. The number of hydrogen-bond donors (Lipinski definition) is 1. The Hall–Kier alpha value is -1.52. The summed E-state index contributed by atoms with van der Waals surface area (Å²) < 4.78 is 96.6. The second kappa shape index (κ2) is 7.00. The minimum Gasteiger partial charge on any atom is -0.433 e. The summed E-state index contributed by atoms with van der Waals surface area (Å²) in [6.07, 6.45) is -5.40. The Morgan fingerprint density at radius 1 is 1.16 bits per heavy atom. The van der Waals surface area contributed by atoms with Gasteiger partial charge in [0.2, 0.25) is 5.91 Å². The number of amides is 1. The molecule has 25 heavy (non-hydrogen) atoms. The van der Waals surface area contributed by atoms with E-state index in [0.717, 1.165) is 6.92 Å². The van der Waals surface area contributed by atoms with Gasteiger partial charge < -0.3 is 10.1 Å². The molecule has 1 atom stereocenters. The van der Waals surface area contributed by atoms with Crippen LogP contribution in [0.25, 0.3) is 0 Å². The van der Waals surface area contributed by atoms with Gasteiger partial charge in [-0.25, -0.2) is 8.78 Å². The van der Waals surface area contributed by atoms with Gasteiger partial charge in [0.15, 0.2) is 11.2 Å². The number of hydrogen-bond acceptors (Lipinski definition) is 2. The van der Waals surface area contributed by atoms with Crippen LogP contribution in [0.2, 0.25) is 0 Å². The highest BCUT2D eigenvalue weighted by Crippen LogP contribution is 2.53. The van der Waals surface area contributed by atoms with Crippen LogP contribution in [0.5, 0.6) is 5.75 Å². The molecule has 1 aromatic carbocycles. The van der Waals surface area contributed by atoms with Crippen LogP contribution in [0.15, 0.2) is 16.6 Å². The Kier molecular flexibility index (Phi) is 6.03. The van der Waals surface area contributed by atoms with E-state index in [2.05, 4.69) is 26.0 Å². The van der Waals surface area contributed by atoms with Gasteiger partial charge in [-0.2, -0.15) is 22.0 Å². The molecule has 0 heterocycles. The normalized spacial score (nSPS) is 15.0. The fourth-order valence-corrected chi connectivity index (χ4v) is 2.56. The predicted octanol–water partition coefficient (Wildman–Crippen LogP) is 5.48. The molecule has 0 saturated heterocycles. The van der Waals surface area contributed by atoms with Crippen molar-refractivity contribution in [3.05, 3.63) is 22.2 Å². The van der Waals surface area contributed by atoms with Crippen LogP contribution < -0.4 is 10.1 Å². The molecule has 0 spiro atoms. The van der Waals surface area contributed by atoms with Gasteiger partial charge in [-0.05, 0) is 40.5 Å². The molecule has 0 fully saturated rings. The number of rotatable bonds is 5. The van der Waals surface area contributed by atoms with Crippen LogP contribution in [0.1, 0.15) is 26.3 Å². The summed E-state index contributed by atoms with van der Waals surface area (Å²) in [4.78, 5) is 11.1. The van der Waals surface area contributed by atoms with E-state index in [1.807, 2.05) is 0 Å². The van der Waals surface area contributed by atoms with Gasteiger partial charge >= 0.3 is 12.8 Å². The maximum Gasteiger partial charge on any atom is 0.403 e. The Balaban J connectivity index is 3.71. The predicted molar refractivity (Wildman–Crippen MR) is 79.1 cm³/mol. The number of carbonyl (C=O) groups excluding carboxylic acids is 1. The van der Waals surface area contributed by atoms with E-state index >= 15 is 0 Å². The maximum atomic E-state index is 13.8. The molecule has 0 saturated carbocycles. The zero-order valence-electron chi connectivity index (χ0n) is 13.1. The summed E-state index contributed by atoms with van der Waals surface area (Å²) in [6, 6.07) is 1.08. The smallest absolute Gasteiger partial charge is 0.403 e. The number of alkyl halides is 7. The van der Waals surface area contributed by atoms with Crippen molar-refractivity contribution in [1.82, 2.24) is 0 Å². The quantitative estimate of drug-likeness (QED) is 0.616. The first-order chi connectivity index (χ1) is 11.1. The summed E-state index contributed by atoms with van der Waals surface area (Å²) in [7, 11) is 0. The van der Waals surface area contributed by atoms with Crippen LogP contribution in [-0.2, 0) is 10.2 Å². The zero-order chi connectivity index (χ0) is 19.8. The average molecular weight is 440 g/mol. The Morgan fingerprint density at radius 2 is 1.68 bits per heavy atom. The molecule has 1 aromatic rings. The number of carbonyl (C=O) groups is 1. The molecule has 1 unspecified atom stereocenters. The molecule has 0 aromatic heterocycles. The zero-order valence-corrected chi connectivity index (χ0v) is 14.7. The third-order valence-electron chi connectivity index (χ3n) is 3.59. The van der Waals surface area contributed by atoms with Crippen LogP contribution in [0.4, 0.5) is 36.4 Å². The molecule has 142 valence electrons. The van der Waals surface area contributed by atoms with Gasteiger partial charge in [0, 0.05) is 18.3 Å². The van der Waals surface area contributed by atoms with E-state index < -0.39 is 47.0 Å². The number of ether oxygens (including phenoxy) is 1. The molecule has 0 aliphatic carbocycles. The molecule has 1 N–H and O–H groups in total. The molecule has 11 heteroatoms. The van der Waals surface area contributed by atoms with Crippen LogP contribution in [-0.4, -0.2) is 24.6 Å². The van der Waals surface area contributed by atoms with E-state index in [1.165, 1.54) is 0 Å². The highest BCUT2D eigenvalue weighted by molar-refractivity contribution is 9.10. The Labute approximate surface area is 146 Å². The summed E-state index contributed by atoms with van der Waals surface area (Å²) in [5.41, 5.74) is -5.10. The van der Waals surface area contributed by atoms with Gasteiger partial charge in [-0.3, -0.25) is 4.79 Å². The fourth-order valence-electron chi connectivity index (χ4n) is 2.02. The lowest BCUT2D eigenvalue weighted by Crippen LogP contribution is -2.52. The lowest BCUT2D eigenvalue weighted by molar-refractivity contribution is -0.248. The molecule has 3 nitrogen and oxygen atoms in total. The minimum absolute atomic E-state index is 0.0732. The summed E-state index contributed by atoms with van der Waals surface area (Å²) >= 11 is 2.79. The van der Waals surface area contributed by atoms with Crippen LogP contribution >= 0.6 is 15.9 Å². The SMILES string of the molecule is CC(=O)Nc1c(Br)cc(C(C)(C(C)(F)F)C(F)(F)F)cc1OC(F)F. The number of benzene rings is 1. The number of anilines is 1. The molecule has 1 rings (SSSR count). The van der Waals surface area contributed by atoms with Gasteiger partial charge in [0.25, 0.3) is 5.92 Å². The second-order valence-electron chi connectivity index (χ2n) is 5.40. The van der Waals surface area contributed by atoms with Crippen molar-refractivity contribution in [3.63, 3.8) is 0 Å². The Bertz CT molecular complexity index is 642. The first kappa shape index (κ1) is 21.5. The maximum absolute atomic E-state index is 13.8. The Morgan fingerprint density at radius 3 is 2.04 bits per heavy atom. The number of halogens is 8.